The number of rotatable bonds is 6. The van der Waals surface area contributed by atoms with E-state index in [1.807, 2.05) is 0 Å². The van der Waals surface area contributed by atoms with Gasteiger partial charge < -0.3 is 14.8 Å². The normalized spacial score (nSPS) is 11.7. The summed E-state index contributed by atoms with van der Waals surface area (Å²) >= 11 is 0. The van der Waals surface area contributed by atoms with Crippen LogP contribution in [0.5, 0.6) is 5.75 Å². The van der Waals surface area contributed by atoms with Crippen LogP contribution in [0.2, 0.25) is 0 Å². The van der Waals surface area contributed by atoms with Gasteiger partial charge in [-0.05, 0) is 36.8 Å². The molecule has 2 aromatic rings. The van der Waals surface area contributed by atoms with Gasteiger partial charge in [0.05, 0.1) is 18.7 Å². The number of hydrogen-bond donors (Lipinski definition) is 1. The Kier molecular flexibility index (Phi) is 5.99. The topological polar surface area (TPSA) is 77.5 Å². The Morgan fingerprint density at radius 1 is 1.12 bits per heavy atom. The van der Waals surface area contributed by atoms with E-state index >= 15 is 0 Å². The van der Waals surface area contributed by atoms with Gasteiger partial charge in [0.2, 0.25) is 0 Å². The van der Waals surface area contributed by atoms with E-state index in [1.165, 1.54) is 37.6 Å². The Morgan fingerprint density at radius 2 is 1.80 bits per heavy atom. The molecule has 0 aliphatic heterocycles. The van der Waals surface area contributed by atoms with Crippen molar-refractivity contribution in [3.05, 3.63) is 59.4 Å². The average Bonchev–Trinajstić information content (AvgIpc) is 2.61. The first-order chi connectivity index (χ1) is 11.9. The van der Waals surface area contributed by atoms with Gasteiger partial charge in [-0.15, -0.1) is 0 Å². The second-order valence-corrected chi connectivity index (χ2v) is 5.07. The van der Waals surface area contributed by atoms with Gasteiger partial charge in [-0.3, -0.25) is 9.78 Å². The molecule has 0 fully saturated rings. The monoisotopic (exact) mass is 350 g/mol. The Bertz CT molecular complexity index is 733. The molecule has 25 heavy (non-hydrogen) atoms. The van der Waals surface area contributed by atoms with Crippen LogP contribution in [-0.2, 0) is 4.74 Å². The molecule has 1 unspecified atom stereocenters. The summed E-state index contributed by atoms with van der Waals surface area (Å²) in [5, 5.41) is 2.73. The van der Waals surface area contributed by atoms with Crippen LogP contribution in [0, 0.1) is 0 Å². The second-order valence-electron chi connectivity index (χ2n) is 5.07. The smallest absolute Gasteiger partial charge is 0.387 e. The van der Waals surface area contributed by atoms with Crippen LogP contribution >= 0.6 is 0 Å². The third-order valence-electron chi connectivity index (χ3n) is 3.37. The molecule has 8 heteroatoms. The molecule has 6 nitrogen and oxygen atoms in total. The zero-order valence-corrected chi connectivity index (χ0v) is 13.5. The van der Waals surface area contributed by atoms with Crippen LogP contribution in [0.25, 0.3) is 0 Å². The van der Waals surface area contributed by atoms with E-state index in [0.717, 1.165) is 0 Å². The molecule has 0 aliphatic carbocycles. The van der Waals surface area contributed by atoms with Crippen LogP contribution in [0.3, 0.4) is 0 Å². The number of alkyl halides is 2. The van der Waals surface area contributed by atoms with Crippen molar-refractivity contribution in [3.63, 3.8) is 0 Å². The zero-order chi connectivity index (χ0) is 18.4. The van der Waals surface area contributed by atoms with E-state index in [2.05, 4.69) is 19.8 Å². The molecule has 1 heterocycles. The molecule has 0 bridgehead atoms. The Morgan fingerprint density at radius 3 is 2.32 bits per heavy atom. The first-order valence-electron chi connectivity index (χ1n) is 7.30. The van der Waals surface area contributed by atoms with E-state index in [9.17, 15) is 18.4 Å². The molecule has 1 amide bonds. The highest BCUT2D eigenvalue weighted by atomic mass is 19.3. The Hall–Kier alpha value is -3.03. The van der Waals surface area contributed by atoms with Gasteiger partial charge in [0, 0.05) is 6.20 Å². The molecule has 0 saturated carbocycles. The number of aromatic nitrogens is 1. The molecule has 0 spiro atoms. The molecule has 1 N–H and O–H groups in total. The number of halogens is 2. The van der Waals surface area contributed by atoms with Gasteiger partial charge in [0.25, 0.3) is 5.91 Å². The van der Waals surface area contributed by atoms with Crippen LogP contribution in [0.1, 0.15) is 39.4 Å². The average molecular weight is 350 g/mol. The number of pyridine rings is 1. The highest BCUT2D eigenvalue weighted by molar-refractivity contribution is 5.94. The van der Waals surface area contributed by atoms with Crippen molar-refractivity contribution in [1.82, 2.24) is 10.3 Å². The quantitative estimate of drug-likeness (QED) is 0.811. The third-order valence-corrected chi connectivity index (χ3v) is 3.37. The fourth-order valence-corrected chi connectivity index (χ4v) is 2.06. The highest BCUT2D eigenvalue weighted by Crippen LogP contribution is 2.19. The summed E-state index contributed by atoms with van der Waals surface area (Å²) < 4.78 is 33.1. The molecule has 1 aromatic heterocycles. The van der Waals surface area contributed by atoms with E-state index < -0.39 is 18.5 Å². The largest absolute Gasteiger partial charge is 0.465 e. The molecule has 132 valence electrons. The van der Waals surface area contributed by atoms with E-state index in [-0.39, 0.29) is 23.0 Å². The number of ether oxygens (including phenoxy) is 2. The van der Waals surface area contributed by atoms with Crippen molar-refractivity contribution in [2.45, 2.75) is 19.6 Å². The standard InChI is InChI=1S/C17H16F2N2O4/c1-10(11-3-6-13(7-4-11)25-17(18)19)21-15(22)14-8-5-12(9-20-14)16(23)24-2/h3-10,17H,1-2H3,(H,21,22). The molecule has 1 atom stereocenters. The molecular weight excluding hydrogens is 334 g/mol. The van der Waals surface area contributed by atoms with Gasteiger partial charge in [0.1, 0.15) is 11.4 Å². The number of methoxy groups -OCH3 is 1. The fraction of sp³-hybridized carbons (Fsp3) is 0.235. The number of nitrogens with one attached hydrogen (secondary N) is 1. The molecular formula is C17H16F2N2O4. The van der Waals surface area contributed by atoms with Crippen molar-refractivity contribution in [2.24, 2.45) is 0 Å². The first-order valence-corrected chi connectivity index (χ1v) is 7.30. The van der Waals surface area contributed by atoms with Gasteiger partial charge in [0.15, 0.2) is 0 Å². The lowest BCUT2D eigenvalue weighted by molar-refractivity contribution is -0.0498. The SMILES string of the molecule is COC(=O)c1ccc(C(=O)NC(C)c2ccc(OC(F)F)cc2)nc1. The summed E-state index contributed by atoms with van der Waals surface area (Å²) in [4.78, 5) is 27.4. The number of amides is 1. The lowest BCUT2D eigenvalue weighted by Crippen LogP contribution is -2.27. The lowest BCUT2D eigenvalue weighted by Gasteiger charge is -2.15. The summed E-state index contributed by atoms with van der Waals surface area (Å²) in [5.74, 6) is -0.937. The minimum Gasteiger partial charge on any atom is -0.465 e. The number of esters is 1. The van der Waals surface area contributed by atoms with Gasteiger partial charge >= 0.3 is 12.6 Å². The van der Waals surface area contributed by atoms with Crippen molar-refractivity contribution >= 4 is 11.9 Å². The van der Waals surface area contributed by atoms with Crippen LogP contribution in [0.4, 0.5) is 8.78 Å². The molecule has 1 aromatic carbocycles. The van der Waals surface area contributed by atoms with Gasteiger partial charge in [-0.1, -0.05) is 12.1 Å². The number of carbonyl (C=O) groups is 2. The van der Waals surface area contributed by atoms with E-state index in [4.69, 9.17) is 0 Å². The Balaban J connectivity index is 2.00. The van der Waals surface area contributed by atoms with Crippen LogP contribution < -0.4 is 10.1 Å². The van der Waals surface area contributed by atoms with Gasteiger partial charge in [-0.2, -0.15) is 8.78 Å². The number of carbonyl (C=O) groups excluding carboxylic acids is 2. The summed E-state index contributed by atoms with van der Waals surface area (Å²) in [7, 11) is 1.25. The third kappa shape index (κ3) is 4.97. The highest BCUT2D eigenvalue weighted by Gasteiger charge is 2.14. The predicted octanol–water partition coefficient (Wildman–Crippen LogP) is 2.96. The van der Waals surface area contributed by atoms with E-state index in [1.54, 1.807) is 19.1 Å². The second kappa shape index (κ2) is 8.18. The molecule has 0 aliphatic rings. The maximum absolute atomic E-state index is 12.2. The minimum atomic E-state index is -2.89. The lowest BCUT2D eigenvalue weighted by atomic mass is 10.1. The van der Waals surface area contributed by atoms with Crippen molar-refractivity contribution in [3.8, 4) is 5.75 Å². The summed E-state index contributed by atoms with van der Waals surface area (Å²) in [6.45, 7) is -1.15. The maximum atomic E-state index is 12.2. The van der Waals surface area contributed by atoms with Crippen molar-refractivity contribution in [1.29, 1.82) is 0 Å². The fourth-order valence-electron chi connectivity index (χ4n) is 2.06. The zero-order valence-electron chi connectivity index (χ0n) is 13.5. The molecule has 2 rings (SSSR count). The van der Waals surface area contributed by atoms with Crippen LogP contribution in [-0.4, -0.2) is 30.6 Å². The minimum absolute atomic E-state index is 0.0392. The van der Waals surface area contributed by atoms with Crippen LogP contribution in [0.15, 0.2) is 42.6 Å². The van der Waals surface area contributed by atoms with Crippen molar-refractivity contribution in [2.75, 3.05) is 7.11 Å². The first kappa shape index (κ1) is 18.3. The number of nitrogens with zero attached hydrogens (tertiary/aromatic N) is 1. The maximum Gasteiger partial charge on any atom is 0.387 e. The molecule has 0 saturated heterocycles. The van der Waals surface area contributed by atoms with Crippen molar-refractivity contribution < 1.29 is 27.8 Å². The predicted molar refractivity (Wildman–Crippen MR) is 84.5 cm³/mol. The summed E-state index contributed by atoms with van der Waals surface area (Å²) in [6, 6.07) is 8.42. The number of hydrogen-bond acceptors (Lipinski definition) is 5. The molecule has 0 radical (unpaired) electrons. The number of benzene rings is 1. The van der Waals surface area contributed by atoms with E-state index in [0.29, 0.717) is 5.56 Å². The van der Waals surface area contributed by atoms with Gasteiger partial charge in [-0.25, -0.2) is 4.79 Å². The Labute approximate surface area is 142 Å². The summed E-state index contributed by atoms with van der Waals surface area (Å²) in [5.41, 5.74) is 1.08. The summed E-state index contributed by atoms with van der Waals surface area (Å²) in [6.07, 6.45) is 1.25.